The monoisotopic (exact) mass is 337 g/mol. The summed E-state index contributed by atoms with van der Waals surface area (Å²) in [5.41, 5.74) is 4.36. The van der Waals surface area contributed by atoms with Crippen molar-refractivity contribution < 1.29 is 14.7 Å². The summed E-state index contributed by atoms with van der Waals surface area (Å²) < 4.78 is 0. The van der Waals surface area contributed by atoms with E-state index >= 15 is 0 Å². The lowest BCUT2D eigenvalue weighted by molar-refractivity contribution is -0.131. The van der Waals surface area contributed by atoms with E-state index in [9.17, 15) is 14.7 Å². The van der Waals surface area contributed by atoms with Gasteiger partial charge in [-0.2, -0.15) is 0 Å². The van der Waals surface area contributed by atoms with Gasteiger partial charge in [-0.3, -0.25) is 4.79 Å². The Morgan fingerprint density at radius 1 is 1.08 bits per heavy atom. The number of hydrogen-bond donors (Lipinski definition) is 1. The van der Waals surface area contributed by atoms with Gasteiger partial charge < -0.3 is 10.0 Å². The number of rotatable bonds is 6. The standard InChI is InChI=1S/C21H23NO3/c1-14-7-8-16(11-15(14)2)13-22(18-9-10-18)20(23)12-17-5-3-4-6-19(17)21(24)25/h3-8,11,18H,9-10,12-13H2,1-2H3,(H,24,25). The molecule has 1 amide bonds. The zero-order valence-corrected chi connectivity index (χ0v) is 14.7. The maximum atomic E-state index is 12.9. The van der Waals surface area contributed by atoms with E-state index in [1.165, 1.54) is 11.1 Å². The number of carboxylic acids is 1. The molecule has 0 unspecified atom stereocenters. The molecule has 1 aliphatic carbocycles. The van der Waals surface area contributed by atoms with Crippen molar-refractivity contribution in [2.45, 2.75) is 45.7 Å². The molecule has 0 saturated heterocycles. The Bertz CT molecular complexity index is 809. The SMILES string of the molecule is Cc1ccc(CN(C(=O)Cc2ccccc2C(=O)O)C2CC2)cc1C. The zero-order valence-electron chi connectivity index (χ0n) is 14.7. The first kappa shape index (κ1) is 17.2. The lowest BCUT2D eigenvalue weighted by atomic mass is 10.0. The second kappa shape index (κ2) is 7.09. The molecule has 1 fully saturated rings. The van der Waals surface area contributed by atoms with Gasteiger partial charge in [-0.25, -0.2) is 4.79 Å². The van der Waals surface area contributed by atoms with Gasteiger partial charge in [-0.05, 0) is 55.0 Å². The van der Waals surface area contributed by atoms with E-state index in [2.05, 4.69) is 32.0 Å². The first-order valence-corrected chi connectivity index (χ1v) is 8.62. The number of aryl methyl sites for hydroxylation is 2. The van der Waals surface area contributed by atoms with Crippen molar-refractivity contribution in [1.82, 2.24) is 4.90 Å². The number of nitrogens with zero attached hydrogens (tertiary/aromatic N) is 1. The summed E-state index contributed by atoms with van der Waals surface area (Å²) in [5.74, 6) is -0.995. The molecule has 4 heteroatoms. The number of carbonyl (C=O) groups excluding carboxylic acids is 1. The van der Waals surface area contributed by atoms with E-state index < -0.39 is 5.97 Å². The Morgan fingerprint density at radius 3 is 2.44 bits per heavy atom. The van der Waals surface area contributed by atoms with Gasteiger partial charge in [0, 0.05) is 12.6 Å². The fraction of sp³-hybridized carbons (Fsp3) is 0.333. The fourth-order valence-electron chi connectivity index (χ4n) is 3.05. The zero-order chi connectivity index (χ0) is 18.0. The quantitative estimate of drug-likeness (QED) is 0.874. The summed E-state index contributed by atoms with van der Waals surface area (Å²) in [7, 11) is 0. The predicted molar refractivity (Wildman–Crippen MR) is 96.6 cm³/mol. The molecule has 0 radical (unpaired) electrons. The molecule has 1 N–H and O–H groups in total. The first-order chi connectivity index (χ1) is 12.0. The average Bonchev–Trinajstić information content (AvgIpc) is 3.41. The average molecular weight is 337 g/mol. The number of aromatic carboxylic acids is 1. The van der Waals surface area contributed by atoms with E-state index in [-0.39, 0.29) is 23.9 Å². The minimum Gasteiger partial charge on any atom is -0.478 e. The van der Waals surface area contributed by atoms with E-state index in [4.69, 9.17) is 0 Å². The van der Waals surface area contributed by atoms with Gasteiger partial charge in [0.1, 0.15) is 0 Å². The van der Waals surface area contributed by atoms with Gasteiger partial charge in [-0.1, -0.05) is 36.4 Å². The number of carbonyl (C=O) groups is 2. The molecule has 0 aliphatic heterocycles. The third kappa shape index (κ3) is 4.08. The van der Waals surface area contributed by atoms with Crippen LogP contribution in [0.25, 0.3) is 0 Å². The minimum absolute atomic E-state index is 0.00516. The summed E-state index contributed by atoms with van der Waals surface area (Å²) in [6, 6.07) is 13.3. The fourth-order valence-corrected chi connectivity index (χ4v) is 3.05. The van der Waals surface area contributed by atoms with Crippen LogP contribution in [0.1, 0.15) is 45.5 Å². The van der Waals surface area contributed by atoms with Crippen LogP contribution >= 0.6 is 0 Å². The highest BCUT2D eigenvalue weighted by atomic mass is 16.4. The lowest BCUT2D eigenvalue weighted by Crippen LogP contribution is -2.34. The predicted octanol–water partition coefficient (Wildman–Crippen LogP) is 3.74. The van der Waals surface area contributed by atoms with Crippen molar-refractivity contribution in [3.63, 3.8) is 0 Å². The van der Waals surface area contributed by atoms with Crippen LogP contribution in [0.5, 0.6) is 0 Å². The lowest BCUT2D eigenvalue weighted by Gasteiger charge is -2.23. The summed E-state index contributed by atoms with van der Waals surface area (Å²) in [4.78, 5) is 26.1. The second-order valence-electron chi connectivity index (χ2n) is 6.81. The summed E-state index contributed by atoms with van der Waals surface area (Å²) in [6.45, 7) is 4.73. The molecular formula is C21H23NO3. The van der Waals surface area contributed by atoms with Crippen molar-refractivity contribution in [2.75, 3.05) is 0 Å². The normalized spacial score (nSPS) is 13.5. The molecule has 0 heterocycles. The second-order valence-corrected chi connectivity index (χ2v) is 6.81. The Morgan fingerprint density at radius 2 is 1.80 bits per heavy atom. The Kier molecular flexibility index (Phi) is 4.88. The van der Waals surface area contributed by atoms with Crippen LogP contribution in [0.4, 0.5) is 0 Å². The van der Waals surface area contributed by atoms with Gasteiger partial charge in [0.05, 0.1) is 12.0 Å². The summed E-state index contributed by atoms with van der Waals surface area (Å²) >= 11 is 0. The Hall–Kier alpha value is -2.62. The van der Waals surface area contributed by atoms with Crippen LogP contribution < -0.4 is 0 Å². The highest BCUT2D eigenvalue weighted by molar-refractivity contribution is 5.91. The largest absolute Gasteiger partial charge is 0.478 e. The third-order valence-corrected chi connectivity index (χ3v) is 4.82. The smallest absolute Gasteiger partial charge is 0.335 e. The topological polar surface area (TPSA) is 57.6 Å². The molecule has 3 rings (SSSR count). The van der Waals surface area contributed by atoms with Crippen LogP contribution in [0.3, 0.4) is 0 Å². The van der Waals surface area contributed by atoms with Crippen molar-refractivity contribution in [3.8, 4) is 0 Å². The molecule has 1 saturated carbocycles. The molecule has 0 bridgehead atoms. The van der Waals surface area contributed by atoms with Crippen molar-refractivity contribution in [3.05, 3.63) is 70.3 Å². The maximum absolute atomic E-state index is 12.9. The molecule has 1 aliphatic rings. The molecule has 2 aromatic rings. The van der Waals surface area contributed by atoms with Gasteiger partial charge in [0.2, 0.25) is 5.91 Å². The highest BCUT2D eigenvalue weighted by Gasteiger charge is 2.32. The minimum atomic E-state index is -0.990. The van der Waals surface area contributed by atoms with Crippen LogP contribution in [-0.4, -0.2) is 27.9 Å². The van der Waals surface area contributed by atoms with Crippen LogP contribution in [-0.2, 0) is 17.8 Å². The Labute approximate surface area is 148 Å². The highest BCUT2D eigenvalue weighted by Crippen LogP contribution is 2.29. The molecule has 0 spiro atoms. The van der Waals surface area contributed by atoms with Gasteiger partial charge in [0.15, 0.2) is 0 Å². The summed E-state index contributed by atoms with van der Waals surface area (Å²) in [6.07, 6.45) is 2.18. The summed E-state index contributed by atoms with van der Waals surface area (Å²) in [5, 5.41) is 9.31. The molecule has 0 aromatic heterocycles. The van der Waals surface area contributed by atoms with E-state index in [0.29, 0.717) is 12.1 Å². The number of benzene rings is 2. The number of hydrogen-bond acceptors (Lipinski definition) is 2. The number of carboxylic acid groups (broad SMARTS) is 1. The van der Waals surface area contributed by atoms with Gasteiger partial charge in [-0.15, -0.1) is 0 Å². The van der Waals surface area contributed by atoms with E-state index in [1.54, 1.807) is 24.3 Å². The molecule has 130 valence electrons. The van der Waals surface area contributed by atoms with Gasteiger partial charge in [0.25, 0.3) is 0 Å². The van der Waals surface area contributed by atoms with E-state index in [0.717, 1.165) is 18.4 Å². The van der Waals surface area contributed by atoms with Crippen molar-refractivity contribution in [1.29, 1.82) is 0 Å². The van der Waals surface area contributed by atoms with Crippen molar-refractivity contribution in [2.24, 2.45) is 0 Å². The third-order valence-electron chi connectivity index (χ3n) is 4.82. The van der Waals surface area contributed by atoms with E-state index in [1.807, 2.05) is 4.90 Å². The first-order valence-electron chi connectivity index (χ1n) is 8.62. The molecule has 4 nitrogen and oxygen atoms in total. The molecule has 0 atom stereocenters. The molecule has 25 heavy (non-hydrogen) atoms. The van der Waals surface area contributed by atoms with Crippen LogP contribution in [0.15, 0.2) is 42.5 Å². The van der Waals surface area contributed by atoms with Gasteiger partial charge >= 0.3 is 5.97 Å². The Balaban J connectivity index is 1.78. The van der Waals surface area contributed by atoms with Crippen molar-refractivity contribution >= 4 is 11.9 Å². The maximum Gasteiger partial charge on any atom is 0.335 e. The molecular weight excluding hydrogens is 314 g/mol. The van der Waals surface area contributed by atoms with Crippen LogP contribution in [0.2, 0.25) is 0 Å². The molecule has 2 aromatic carbocycles. The van der Waals surface area contributed by atoms with Crippen LogP contribution in [0, 0.1) is 13.8 Å². The number of amides is 1.